The van der Waals surface area contributed by atoms with E-state index in [4.69, 9.17) is 0 Å². The molecule has 1 amide bonds. The molecule has 0 unspecified atom stereocenters. The molecule has 0 aliphatic heterocycles. The molecular formula is C21H16F5N2O+. The molecule has 0 bridgehead atoms. The van der Waals surface area contributed by atoms with Crippen molar-refractivity contribution in [2.75, 3.05) is 11.9 Å². The van der Waals surface area contributed by atoms with E-state index >= 15 is 0 Å². The fraction of sp³-hybridized carbons (Fsp3) is 0.0952. The summed E-state index contributed by atoms with van der Waals surface area (Å²) in [6.07, 6.45) is 0. The lowest BCUT2D eigenvalue weighted by Gasteiger charge is -2.17. The Balaban J connectivity index is 1.79. The van der Waals surface area contributed by atoms with Crippen LogP contribution in [0, 0.1) is 29.1 Å². The third kappa shape index (κ3) is 4.43. The van der Waals surface area contributed by atoms with Crippen LogP contribution in [0.3, 0.4) is 0 Å². The maximum absolute atomic E-state index is 13.7. The topological polar surface area (TPSA) is 45.7 Å². The summed E-state index contributed by atoms with van der Waals surface area (Å²) >= 11 is 0. The smallest absolute Gasteiger partial charge is 0.279 e. The second-order valence-corrected chi connectivity index (χ2v) is 6.23. The van der Waals surface area contributed by atoms with E-state index in [1.165, 1.54) is 0 Å². The maximum atomic E-state index is 13.7. The fourth-order valence-electron chi connectivity index (χ4n) is 2.92. The van der Waals surface area contributed by atoms with Crippen molar-refractivity contribution in [3.05, 3.63) is 101 Å². The Morgan fingerprint density at radius 2 is 1.14 bits per heavy atom. The molecule has 29 heavy (non-hydrogen) atoms. The molecule has 3 aromatic carbocycles. The number of carbonyl (C=O) groups is 1. The van der Waals surface area contributed by atoms with Crippen molar-refractivity contribution in [3.8, 4) is 0 Å². The van der Waals surface area contributed by atoms with Crippen LogP contribution in [0.4, 0.5) is 27.6 Å². The number of nitrogens with two attached hydrogens (primary N) is 1. The lowest BCUT2D eigenvalue weighted by atomic mass is 9.99. The summed E-state index contributed by atoms with van der Waals surface area (Å²) in [6, 6.07) is 18.1. The lowest BCUT2D eigenvalue weighted by Crippen LogP contribution is -2.87. The molecular weight excluding hydrogens is 391 g/mol. The highest BCUT2D eigenvalue weighted by molar-refractivity contribution is 5.91. The molecule has 3 aromatic rings. The van der Waals surface area contributed by atoms with E-state index in [1.807, 2.05) is 60.7 Å². The third-order valence-corrected chi connectivity index (χ3v) is 4.33. The Kier molecular flexibility index (Phi) is 6.23. The van der Waals surface area contributed by atoms with Gasteiger partial charge in [0.25, 0.3) is 5.91 Å². The number of amides is 1. The van der Waals surface area contributed by atoms with E-state index in [0.717, 1.165) is 11.1 Å². The fourth-order valence-corrected chi connectivity index (χ4v) is 2.92. The third-order valence-electron chi connectivity index (χ3n) is 4.33. The van der Waals surface area contributed by atoms with Gasteiger partial charge in [0, 0.05) is 11.1 Å². The van der Waals surface area contributed by atoms with E-state index in [0.29, 0.717) is 0 Å². The van der Waals surface area contributed by atoms with Gasteiger partial charge in [0.15, 0.2) is 29.8 Å². The van der Waals surface area contributed by atoms with Gasteiger partial charge in [-0.15, -0.1) is 0 Å². The number of hydrogen-bond donors (Lipinski definition) is 2. The van der Waals surface area contributed by atoms with Gasteiger partial charge < -0.3 is 10.6 Å². The van der Waals surface area contributed by atoms with Crippen molar-refractivity contribution in [1.82, 2.24) is 0 Å². The summed E-state index contributed by atoms with van der Waals surface area (Å²) in [4.78, 5) is 12.2. The molecule has 0 fully saturated rings. The number of nitrogens with one attached hydrogen (secondary N) is 1. The first kappa shape index (κ1) is 20.5. The van der Waals surface area contributed by atoms with Crippen LogP contribution >= 0.6 is 0 Å². The summed E-state index contributed by atoms with van der Waals surface area (Å²) < 4.78 is 67.2. The van der Waals surface area contributed by atoms with E-state index in [-0.39, 0.29) is 12.6 Å². The van der Waals surface area contributed by atoms with Gasteiger partial charge in [-0.05, 0) is 0 Å². The van der Waals surface area contributed by atoms with Gasteiger partial charge >= 0.3 is 0 Å². The van der Waals surface area contributed by atoms with E-state index in [1.54, 1.807) is 10.6 Å². The first-order valence-electron chi connectivity index (χ1n) is 8.64. The number of benzene rings is 3. The molecule has 150 valence electrons. The Morgan fingerprint density at radius 1 is 0.724 bits per heavy atom. The second kappa shape index (κ2) is 8.83. The number of rotatable bonds is 6. The quantitative estimate of drug-likeness (QED) is 0.366. The highest BCUT2D eigenvalue weighted by Gasteiger charge is 2.27. The van der Waals surface area contributed by atoms with Crippen molar-refractivity contribution >= 4 is 11.6 Å². The van der Waals surface area contributed by atoms with Gasteiger partial charge in [-0.25, -0.2) is 22.0 Å². The van der Waals surface area contributed by atoms with Crippen LogP contribution in [-0.4, -0.2) is 12.5 Å². The number of anilines is 1. The summed E-state index contributed by atoms with van der Waals surface area (Å²) in [7, 11) is 0. The predicted octanol–water partition coefficient (Wildman–Crippen LogP) is 3.67. The Hall–Kier alpha value is -3.26. The van der Waals surface area contributed by atoms with Crippen LogP contribution in [0.1, 0.15) is 17.2 Å². The van der Waals surface area contributed by atoms with Gasteiger partial charge in [-0.1, -0.05) is 60.7 Å². The van der Waals surface area contributed by atoms with Gasteiger partial charge in [-0.3, -0.25) is 4.79 Å². The van der Waals surface area contributed by atoms with Gasteiger partial charge in [0.1, 0.15) is 11.7 Å². The minimum absolute atomic E-state index is 0.306. The highest BCUT2D eigenvalue weighted by Crippen LogP contribution is 2.27. The summed E-state index contributed by atoms with van der Waals surface area (Å²) in [5.41, 5.74) is 0.390. The Labute approximate surface area is 163 Å². The second-order valence-electron chi connectivity index (χ2n) is 6.23. The summed E-state index contributed by atoms with van der Waals surface area (Å²) in [5, 5.41) is 3.38. The van der Waals surface area contributed by atoms with E-state index < -0.39 is 40.7 Å². The Morgan fingerprint density at radius 3 is 1.59 bits per heavy atom. The monoisotopic (exact) mass is 407 g/mol. The number of quaternary nitrogens is 1. The number of carbonyl (C=O) groups excluding carboxylic acids is 1. The summed E-state index contributed by atoms with van der Waals surface area (Å²) in [6.45, 7) is -0.312. The normalized spacial score (nSPS) is 11.0. The lowest BCUT2D eigenvalue weighted by molar-refractivity contribution is -0.676. The predicted molar refractivity (Wildman–Crippen MR) is 96.4 cm³/mol. The molecule has 0 atom stereocenters. The molecule has 0 spiro atoms. The zero-order valence-corrected chi connectivity index (χ0v) is 14.9. The molecule has 0 saturated heterocycles. The minimum Gasteiger partial charge on any atom is -0.328 e. The van der Waals surface area contributed by atoms with E-state index in [2.05, 4.69) is 0 Å². The van der Waals surface area contributed by atoms with Crippen molar-refractivity contribution < 1.29 is 32.1 Å². The minimum atomic E-state index is -2.28. The van der Waals surface area contributed by atoms with Crippen molar-refractivity contribution in [2.45, 2.75) is 6.04 Å². The largest absolute Gasteiger partial charge is 0.328 e. The molecule has 0 aliphatic carbocycles. The van der Waals surface area contributed by atoms with Gasteiger partial charge in [0.2, 0.25) is 5.82 Å². The molecule has 0 aliphatic rings. The maximum Gasteiger partial charge on any atom is 0.279 e. The molecule has 3 N–H and O–H groups in total. The van der Waals surface area contributed by atoms with Crippen LogP contribution in [-0.2, 0) is 4.79 Å². The molecule has 0 aromatic heterocycles. The molecule has 3 nitrogen and oxygen atoms in total. The average Bonchev–Trinajstić information content (AvgIpc) is 2.75. The van der Waals surface area contributed by atoms with Crippen molar-refractivity contribution in [1.29, 1.82) is 0 Å². The standard InChI is InChI=1S/C21H15F5N2O/c22-15-16(23)18(25)21(19(26)17(15)24)28-14(29)11-27-20(12-7-3-1-4-8-12)13-9-5-2-6-10-13/h1-10,20,27H,11H2,(H,28,29)/p+1. The molecule has 0 saturated carbocycles. The number of hydrogen-bond acceptors (Lipinski definition) is 1. The molecule has 0 heterocycles. The van der Waals surface area contributed by atoms with E-state index in [9.17, 15) is 26.7 Å². The SMILES string of the molecule is O=C(C[NH2+]C(c1ccccc1)c1ccccc1)Nc1c(F)c(F)c(F)c(F)c1F. The molecule has 3 rings (SSSR count). The summed E-state index contributed by atoms with van der Waals surface area (Å²) in [5.74, 6) is -11.6. The first-order chi connectivity index (χ1) is 13.9. The molecule has 8 heteroatoms. The zero-order valence-electron chi connectivity index (χ0n) is 14.9. The van der Waals surface area contributed by atoms with Gasteiger partial charge in [0.05, 0.1) is 0 Å². The molecule has 0 radical (unpaired) electrons. The van der Waals surface area contributed by atoms with Crippen LogP contribution in [0.2, 0.25) is 0 Å². The first-order valence-corrected chi connectivity index (χ1v) is 8.64. The zero-order chi connectivity index (χ0) is 21.0. The number of halogens is 5. The Bertz CT molecular complexity index is 944. The van der Waals surface area contributed by atoms with Crippen molar-refractivity contribution in [3.63, 3.8) is 0 Å². The highest BCUT2D eigenvalue weighted by atomic mass is 19.2. The van der Waals surface area contributed by atoms with Crippen LogP contribution in [0.25, 0.3) is 0 Å². The van der Waals surface area contributed by atoms with Crippen molar-refractivity contribution in [2.24, 2.45) is 0 Å². The average molecular weight is 407 g/mol. The van der Waals surface area contributed by atoms with Crippen LogP contribution < -0.4 is 10.6 Å². The van der Waals surface area contributed by atoms with Crippen LogP contribution in [0.15, 0.2) is 60.7 Å². The van der Waals surface area contributed by atoms with Gasteiger partial charge in [-0.2, -0.15) is 0 Å². The van der Waals surface area contributed by atoms with Crippen LogP contribution in [0.5, 0.6) is 0 Å².